The van der Waals surface area contributed by atoms with E-state index >= 15 is 0 Å². The summed E-state index contributed by atoms with van der Waals surface area (Å²) in [6.45, 7) is 1.92. The average Bonchev–Trinajstić information content (AvgIpc) is 2.64. The van der Waals surface area contributed by atoms with Crippen LogP contribution in [-0.4, -0.2) is 31.9 Å². The van der Waals surface area contributed by atoms with Crippen LogP contribution in [0.15, 0.2) is 61.3 Å². The van der Waals surface area contributed by atoms with Gasteiger partial charge in [0.05, 0.1) is 11.3 Å². The van der Waals surface area contributed by atoms with Crippen LogP contribution in [0.4, 0.5) is 11.6 Å². The van der Waals surface area contributed by atoms with Crippen molar-refractivity contribution in [1.29, 1.82) is 0 Å². The van der Waals surface area contributed by atoms with Crippen molar-refractivity contribution in [2.45, 2.75) is 19.4 Å². The molecule has 1 atom stereocenters. The number of amides is 1. The fraction of sp³-hybridized carbons (Fsp3) is 0.167. The Kier molecular flexibility index (Phi) is 5.26. The predicted octanol–water partition coefficient (Wildman–Crippen LogP) is 2.37. The second-order valence-electron chi connectivity index (χ2n) is 5.56. The highest BCUT2D eigenvalue weighted by Crippen LogP contribution is 2.11. The number of carbonyl (C=O) groups excluding carboxylic acids is 1. The molecule has 2 N–H and O–H groups in total. The molecule has 126 valence electrons. The van der Waals surface area contributed by atoms with Crippen LogP contribution in [0.25, 0.3) is 0 Å². The monoisotopic (exact) mass is 334 g/mol. The Morgan fingerprint density at radius 3 is 2.48 bits per heavy atom. The molecular formula is C18H18N6O. The number of anilines is 2. The van der Waals surface area contributed by atoms with E-state index < -0.39 is 0 Å². The molecule has 0 aliphatic heterocycles. The summed E-state index contributed by atoms with van der Waals surface area (Å²) in [5, 5.41) is 5.98. The molecule has 0 saturated heterocycles. The largest absolute Gasteiger partial charge is 0.349 e. The Hall–Kier alpha value is -3.35. The Labute approximate surface area is 145 Å². The Bertz CT molecular complexity index is 808. The maximum Gasteiger partial charge on any atom is 0.254 e. The van der Waals surface area contributed by atoms with Crippen molar-refractivity contribution in [3.63, 3.8) is 0 Å². The number of hydrogen-bond acceptors (Lipinski definition) is 6. The molecule has 3 aromatic rings. The standard InChI is InChI=1S/C18H18N6O/c1-13(9-16-12-19-7-8-20-16)23-17(25)14-10-21-18(22-11-14)24-15-5-3-2-4-6-15/h2-8,10-13H,9H2,1H3,(H,23,25)(H,21,22,24)/t13-/m0/s1. The fourth-order valence-electron chi connectivity index (χ4n) is 2.27. The topological polar surface area (TPSA) is 92.7 Å². The molecule has 7 nitrogen and oxygen atoms in total. The first-order chi connectivity index (χ1) is 12.2. The minimum absolute atomic E-state index is 0.0775. The van der Waals surface area contributed by atoms with E-state index in [0.29, 0.717) is 17.9 Å². The van der Waals surface area contributed by atoms with Crippen LogP contribution in [-0.2, 0) is 6.42 Å². The molecule has 25 heavy (non-hydrogen) atoms. The average molecular weight is 334 g/mol. The second-order valence-corrected chi connectivity index (χ2v) is 5.56. The van der Waals surface area contributed by atoms with Crippen molar-refractivity contribution in [2.75, 3.05) is 5.32 Å². The highest BCUT2D eigenvalue weighted by atomic mass is 16.1. The summed E-state index contributed by atoms with van der Waals surface area (Å²) >= 11 is 0. The van der Waals surface area contributed by atoms with Crippen molar-refractivity contribution < 1.29 is 4.79 Å². The zero-order valence-electron chi connectivity index (χ0n) is 13.8. The van der Waals surface area contributed by atoms with Gasteiger partial charge in [0.25, 0.3) is 5.91 Å². The van der Waals surface area contributed by atoms with Gasteiger partial charge in [0.2, 0.25) is 5.95 Å². The van der Waals surface area contributed by atoms with E-state index in [1.807, 2.05) is 37.3 Å². The van der Waals surface area contributed by atoms with Crippen LogP contribution in [0.3, 0.4) is 0 Å². The van der Waals surface area contributed by atoms with E-state index in [4.69, 9.17) is 0 Å². The van der Waals surface area contributed by atoms with Crippen LogP contribution in [0, 0.1) is 0 Å². The third-order valence-corrected chi connectivity index (χ3v) is 3.45. The number of carbonyl (C=O) groups is 1. The number of para-hydroxylation sites is 1. The zero-order chi connectivity index (χ0) is 17.5. The van der Waals surface area contributed by atoms with Crippen molar-refractivity contribution >= 4 is 17.5 Å². The first-order valence-electron chi connectivity index (χ1n) is 7.90. The van der Waals surface area contributed by atoms with E-state index in [1.165, 1.54) is 12.4 Å². The van der Waals surface area contributed by atoms with Gasteiger partial charge in [-0.1, -0.05) is 18.2 Å². The van der Waals surface area contributed by atoms with Crippen molar-refractivity contribution in [3.05, 3.63) is 72.6 Å². The van der Waals surface area contributed by atoms with Crippen molar-refractivity contribution in [2.24, 2.45) is 0 Å². The van der Waals surface area contributed by atoms with Gasteiger partial charge in [-0.25, -0.2) is 9.97 Å². The molecule has 2 heterocycles. The molecule has 0 aliphatic carbocycles. The van der Waals surface area contributed by atoms with Crippen molar-refractivity contribution in [1.82, 2.24) is 25.3 Å². The van der Waals surface area contributed by atoms with Crippen LogP contribution < -0.4 is 10.6 Å². The quantitative estimate of drug-likeness (QED) is 0.719. The van der Waals surface area contributed by atoms with Crippen LogP contribution in [0.1, 0.15) is 23.0 Å². The minimum atomic E-state index is -0.220. The number of benzene rings is 1. The maximum atomic E-state index is 12.3. The number of aromatic nitrogens is 4. The number of hydrogen-bond donors (Lipinski definition) is 2. The SMILES string of the molecule is C[C@@H](Cc1cnccn1)NC(=O)c1cnc(Nc2ccccc2)nc1. The van der Waals surface area contributed by atoms with Gasteiger partial charge in [0, 0.05) is 49.1 Å². The van der Waals surface area contributed by atoms with E-state index in [1.54, 1.807) is 18.6 Å². The second kappa shape index (κ2) is 7.96. The smallest absolute Gasteiger partial charge is 0.254 e. The highest BCUT2D eigenvalue weighted by Gasteiger charge is 2.12. The van der Waals surface area contributed by atoms with Crippen LogP contribution in [0.2, 0.25) is 0 Å². The Morgan fingerprint density at radius 1 is 1.04 bits per heavy atom. The molecule has 0 fully saturated rings. The molecule has 0 unspecified atom stereocenters. The molecule has 0 radical (unpaired) electrons. The lowest BCUT2D eigenvalue weighted by Crippen LogP contribution is -2.34. The predicted molar refractivity (Wildman–Crippen MR) is 94.4 cm³/mol. The molecule has 1 aromatic carbocycles. The van der Waals surface area contributed by atoms with Gasteiger partial charge in [-0.2, -0.15) is 0 Å². The van der Waals surface area contributed by atoms with Crippen LogP contribution >= 0.6 is 0 Å². The van der Waals surface area contributed by atoms with Crippen LogP contribution in [0.5, 0.6) is 0 Å². The normalized spacial score (nSPS) is 11.6. The zero-order valence-corrected chi connectivity index (χ0v) is 13.8. The molecule has 7 heteroatoms. The minimum Gasteiger partial charge on any atom is -0.349 e. The lowest BCUT2D eigenvalue weighted by Gasteiger charge is -2.13. The summed E-state index contributed by atoms with van der Waals surface area (Å²) in [6, 6.07) is 9.52. The lowest BCUT2D eigenvalue weighted by atomic mass is 10.2. The highest BCUT2D eigenvalue weighted by molar-refractivity contribution is 5.93. The van der Waals surface area contributed by atoms with Gasteiger partial charge >= 0.3 is 0 Å². The summed E-state index contributed by atoms with van der Waals surface area (Å²) in [7, 11) is 0. The third-order valence-electron chi connectivity index (χ3n) is 3.45. The fourth-order valence-corrected chi connectivity index (χ4v) is 2.27. The summed E-state index contributed by atoms with van der Waals surface area (Å²) < 4.78 is 0. The third kappa shape index (κ3) is 4.81. The Morgan fingerprint density at radius 2 is 1.80 bits per heavy atom. The maximum absolute atomic E-state index is 12.3. The van der Waals surface area contributed by atoms with E-state index in [0.717, 1.165) is 11.4 Å². The molecular weight excluding hydrogens is 316 g/mol. The Balaban J connectivity index is 1.57. The van der Waals surface area contributed by atoms with Gasteiger partial charge in [0.1, 0.15) is 0 Å². The van der Waals surface area contributed by atoms with E-state index in [-0.39, 0.29) is 11.9 Å². The summed E-state index contributed by atoms with van der Waals surface area (Å²) in [5.41, 5.74) is 2.12. The first kappa shape index (κ1) is 16.5. The number of nitrogens with one attached hydrogen (secondary N) is 2. The number of rotatable bonds is 6. The van der Waals surface area contributed by atoms with Gasteiger partial charge in [-0.3, -0.25) is 14.8 Å². The summed E-state index contributed by atoms with van der Waals surface area (Å²) in [4.78, 5) is 28.8. The van der Waals surface area contributed by atoms with Gasteiger partial charge in [0.15, 0.2) is 0 Å². The van der Waals surface area contributed by atoms with E-state index in [9.17, 15) is 4.79 Å². The molecule has 0 saturated carbocycles. The molecule has 0 bridgehead atoms. The summed E-state index contributed by atoms with van der Waals surface area (Å²) in [5.74, 6) is 0.220. The molecule has 0 spiro atoms. The van der Waals surface area contributed by atoms with Gasteiger partial charge in [-0.15, -0.1) is 0 Å². The summed E-state index contributed by atoms with van der Waals surface area (Å²) in [6.07, 6.45) is 8.56. The van der Waals surface area contributed by atoms with Gasteiger partial charge in [-0.05, 0) is 19.1 Å². The number of nitrogens with zero attached hydrogens (tertiary/aromatic N) is 4. The molecule has 0 aliphatic rings. The van der Waals surface area contributed by atoms with E-state index in [2.05, 4.69) is 30.6 Å². The lowest BCUT2D eigenvalue weighted by molar-refractivity contribution is 0.0939. The van der Waals surface area contributed by atoms with Gasteiger partial charge < -0.3 is 10.6 Å². The molecule has 3 rings (SSSR count). The molecule has 1 amide bonds. The first-order valence-corrected chi connectivity index (χ1v) is 7.90. The van der Waals surface area contributed by atoms with Crippen molar-refractivity contribution in [3.8, 4) is 0 Å². The molecule has 2 aromatic heterocycles.